The number of thioether (sulfide) groups is 1. The fraction of sp³-hybridized carbons (Fsp3) is 0.714. The van der Waals surface area contributed by atoms with Gasteiger partial charge in [-0.05, 0) is 18.4 Å². The van der Waals surface area contributed by atoms with Crippen LogP contribution in [-0.4, -0.2) is 35.0 Å². The van der Waals surface area contributed by atoms with Gasteiger partial charge in [-0.15, -0.1) is 0 Å². The van der Waals surface area contributed by atoms with Crippen molar-refractivity contribution >= 4 is 23.6 Å². The summed E-state index contributed by atoms with van der Waals surface area (Å²) in [5.41, 5.74) is 0. The Morgan fingerprint density at radius 1 is 1.54 bits per heavy atom. The molecule has 0 spiro atoms. The number of carboxylic acid groups (broad SMARTS) is 1. The first-order chi connectivity index (χ1) is 5.57. The van der Waals surface area contributed by atoms with E-state index in [-0.39, 0.29) is 23.0 Å². The van der Waals surface area contributed by atoms with Gasteiger partial charge in [-0.3, -0.25) is 4.79 Å². The maximum absolute atomic E-state index is 10.5. The molecule has 0 fully saturated rings. The summed E-state index contributed by atoms with van der Waals surface area (Å²) < 4.78 is 0. The largest absolute Gasteiger partial charge is 0.480 e. The number of nitrogens with one attached hydrogen (secondary N) is 1. The molecule has 0 saturated heterocycles. The third-order valence-corrected chi connectivity index (χ3v) is 1.93. The van der Waals surface area contributed by atoms with Crippen LogP contribution in [-0.2, 0) is 26.7 Å². The molecule has 0 aromatic carbocycles. The van der Waals surface area contributed by atoms with Crippen molar-refractivity contribution in [3.63, 3.8) is 0 Å². The third kappa shape index (κ3) is 8.15. The fourth-order valence-corrected chi connectivity index (χ4v) is 1.21. The summed E-state index contributed by atoms with van der Waals surface area (Å²) in [6, 6.07) is -0.741. The summed E-state index contributed by atoms with van der Waals surface area (Å²) in [5, 5.41) is 11.0. The van der Waals surface area contributed by atoms with Crippen LogP contribution in [0.1, 0.15) is 13.3 Å². The number of hydrogen-bond donors (Lipinski definition) is 2. The quantitative estimate of drug-likeness (QED) is 0.694. The molecule has 13 heavy (non-hydrogen) atoms. The average molecular weight is 255 g/mol. The van der Waals surface area contributed by atoms with Crippen LogP contribution < -0.4 is 5.32 Å². The third-order valence-electron chi connectivity index (χ3n) is 1.29. The Morgan fingerprint density at radius 2 is 2.08 bits per heavy atom. The molecule has 0 heterocycles. The number of carbonyl (C=O) groups is 2. The molecule has 6 heteroatoms. The van der Waals surface area contributed by atoms with Gasteiger partial charge in [-0.2, -0.15) is 11.8 Å². The first-order valence-corrected chi connectivity index (χ1v) is 4.96. The van der Waals surface area contributed by atoms with Crippen molar-refractivity contribution in [1.29, 1.82) is 0 Å². The summed E-state index contributed by atoms with van der Waals surface area (Å²) in [6.45, 7) is 1.31. The number of rotatable bonds is 5. The van der Waals surface area contributed by atoms with Crippen molar-refractivity contribution < 1.29 is 31.8 Å². The van der Waals surface area contributed by atoms with E-state index in [1.165, 1.54) is 6.92 Å². The second-order valence-electron chi connectivity index (χ2n) is 2.37. The van der Waals surface area contributed by atoms with E-state index in [0.29, 0.717) is 6.42 Å². The zero-order valence-corrected chi connectivity index (χ0v) is 9.22. The molecule has 1 radical (unpaired) electrons. The van der Waals surface area contributed by atoms with Crippen molar-refractivity contribution in [2.75, 3.05) is 12.0 Å². The van der Waals surface area contributed by atoms with Crippen LogP contribution in [0.3, 0.4) is 0 Å². The van der Waals surface area contributed by atoms with Crippen LogP contribution in [0.15, 0.2) is 0 Å². The van der Waals surface area contributed by atoms with Gasteiger partial charge < -0.3 is 10.4 Å². The molecule has 81 valence electrons. The van der Waals surface area contributed by atoms with E-state index < -0.39 is 12.0 Å². The Kier molecular flexibility index (Phi) is 9.89. The van der Waals surface area contributed by atoms with E-state index >= 15 is 0 Å². The summed E-state index contributed by atoms with van der Waals surface area (Å²) in [4.78, 5) is 21.1. The second kappa shape index (κ2) is 8.41. The van der Waals surface area contributed by atoms with Gasteiger partial charge in [0.2, 0.25) is 5.91 Å². The molecule has 0 aliphatic heterocycles. The van der Waals surface area contributed by atoms with Crippen LogP contribution in [0, 0.1) is 0 Å². The predicted molar refractivity (Wildman–Crippen MR) is 48.2 cm³/mol. The van der Waals surface area contributed by atoms with Crippen molar-refractivity contribution in [3.8, 4) is 0 Å². The molecule has 0 aliphatic rings. The van der Waals surface area contributed by atoms with Crippen LogP contribution in [0.2, 0.25) is 0 Å². The van der Waals surface area contributed by atoms with Gasteiger partial charge in [0.1, 0.15) is 6.04 Å². The molecule has 0 rings (SSSR count). The minimum atomic E-state index is -0.973. The molecule has 1 amide bonds. The van der Waals surface area contributed by atoms with Gasteiger partial charge in [-0.25, -0.2) is 4.79 Å². The van der Waals surface area contributed by atoms with E-state index in [1.54, 1.807) is 11.8 Å². The molecule has 1 atom stereocenters. The fourth-order valence-electron chi connectivity index (χ4n) is 0.738. The summed E-state index contributed by atoms with van der Waals surface area (Å²) in [6.07, 6.45) is 2.36. The van der Waals surface area contributed by atoms with Gasteiger partial charge in [0.25, 0.3) is 0 Å². The van der Waals surface area contributed by atoms with Gasteiger partial charge >= 0.3 is 5.97 Å². The van der Waals surface area contributed by atoms with Crippen molar-refractivity contribution in [2.24, 2.45) is 0 Å². The second-order valence-corrected chi connectivity index (χ2v) is 3.36. The van der Waals surface area contributed by atoms with Crippen molar-refractivity contribution in [3.05, 3.63) is 0 Å². The van der Waals surface area contributed by atoms with Crippen molar-refractivity contribution in [1.82, 2.24) is 5.32 Å². The molecule has 4 nitrogen and oxygen atoms in total. The molecule has 0 aliphatic carbocycles. The van der Waals surface area contributed by atoms with Crippen LogP contribution in [0.5, 0.6) is 0 Å². The van der Waals surface area contributed by atoms with Crippen molar-refractivity contribution in [2.45, 2.75) is 19.4 Å². The minimum absolute atomic E-state index is 0. The van der Waals surface area contributed by atoms with Gasteiger partial charge in [0.15, 0.2) is 0 Å². The Hall–Kier alpha value is -0.191. The first kappa shape index (κ1) is 15.3. The van der Waals surface area contributed by atoms with Crippen LogP contribution in [0.25, 0.3) is 0 Å². The van der Waals surface area contributed by atoms with Crippen LogP contribution >= 0.6 is 11.8 Å². The number of hydrogen-bond acceptors (Lipinski definition) is 3. The Bertz CT molecular complexity index is 177. The Labute approximate surface area is 92.3 Å². The summed E-state index contributed by atoms with van der Waals surface area (Å²) >= 11 is 1.56. The molecule has 2 N–H and O–H groups in total. The molecule has 0 saturated carbocycles. The maximum atomic E-state index is 10.5. The Morgan fingerprint density at radius 3 is 2.38 bits per heavy atom. The van der Waals surface area contributed by atoms with Crippen LogP contribution in [0.4, 0.5) is 0 Å². The molecule has 1 unspecified atom stereocenters. The maximum Gasteiger partial charge on any atom is 0.326 e. The topological polar surface area (TPSA) is 66.4 Å². The zero-order chi connectivity index (χ0) is 9.56. The predicted octanol–water partition coefficient (Wildman–Crippen LogP) is 0.326. The molecule has 0 bridgehead atoms. The van der Waals surface area contributed by atoms with E-state index in [4.69, 9.17) is 5.11 Å². The SMILES string of the molecule is CSCCC(NC(C)=O)C(=O)O.[Cu]. The number of aliphatic carboxylic acids is 1. The summed E-state index contributed by atoms with van der Waals surface area (Å²) in [7, 11) is 0. The van der Waals surface area contributed by atoms with Gasteiger partial charge in [0.05, 0.1) is 0 Å². The van der Waals surface area contributed by atoms with E-state index in [0.717, 1.165) is 5.75 Å². The first-order valence-electron chi connectivity index (χ1n) is 3.56. The molecular weight excluding hydrogens is 242 g/mol. The van der Waals surface area contributed by atoms with E-state index in [1.807, 2.05) is 6.26 Å². The normalized spacial score (nSPS) is 11.2. The molecular formula is C7H13CuNO3S. The standard InChI is InChI=1S/C7H13NO3S.Cu/c1-5(9)8-6(7(10)11)3-4-12-2;/h6H,3-4H2,1-2H3,(H,8,9)(H,10,11);. The molecule has 0 aromatic heterocycles. The van der Waals surface area contributed by atoms with E-state index in [9.17, 15) is 9.59 Å². The Balaban J connectivity index is 0. The van der Waals surface area contributed by atoms with Gasteiger partial charge in [0, 0.05) is 24.0 Å². The monoisotopic (exact) mass is 254 g/mol. The molecule has 0 aromatic rings. The number of carboxylic acids is 1. The van der Waals surface area contributed by atoms with Gasteiger partial charge in [-0.1, -0.05) is 0 Å². The zero-order valence-electron chi connectivity index (χ0n) is 7.47. The average Bonchev–Trinajstić information content (AvgIpc) is 1.96. The number of amides is 1. The number of carbonyl (C=O) groups excluding carboxylic acids is 1. The minimum Gasteiger partial charge on any atom is -0.480 e. The van der Waals surface area contributed by atoms with E-state index in [2.05, 4.69) is 5.32 Å². The summed E-state index contributed by atoms with van der Waals surface area (Å²) in [5.74, 6) is -0.542. The smallest absolute Gasteiger partial charge is 0.326 e.